The molecule has 128 valence electrons. The number of anilines is 3. The van der Waals surface area contributed by atoms with E-state index in [0.717, 1.165) is 41.3 Å². The van der Waals surface area contributed by atoms with Crippen LogP contribution >= 0.6 is 0 Å². The van der Waals surface area contributed by atoms with Gasteiger partial charge in [-0.3, -0.25) is 0 Å². The molecule has 0 amide bonds. The molecule has 0 radical (unpaired) electrons. The summed E-state index contributed by atoms with van der Waals surface area (Å²) >= 11 is 0. The smallest absolute Gasteiger partial charge is 0.150 e. The van der Waals surface area contributed by atoms with Gasteiger partial charge in [0.1, 0.15) is 34.9 Å². The summed E-state index contributed by atoms with van der Waals surface area (Å²) in [6, 6.07) is 7.20. The first-order chi connectivity index (χ1) is 11.9. The van der Waals surface area contributed by atoms with Crippen LogP contribution in [0.25, 0.3) is 0 Å². The summed E-state index contributed by atoms with van der Waals surface area (Å²) in [5.41, 5.74) is -1.17. The molecule has 3 rings (SSSR count). The lowest BCUT2D eigenvalue weighted by Gasteiger charge is -2.26. The Balaban J connectivity index is 2.27. The van der Waals surface area contributed by atoms with Crippen LogP contribution in [-0.4, -0.2) is 0 Å². The first kappa shape index (κ1) is 16.9. The van der Waals surface area contributed by atoms with Crippen molar-refractivity contribution >= 4 is 17.1 Å². The lowest BCUT2D eigenvalue weighted by Crippen LogP contribution is -2.15. The van der Waals surface area contributed by atoms with Crippen LogP contribution in [0.15, 0.2) is 54.6 Å². The second kappa shape index (κ2) is 6.51. The van der Waals surface area contributed by atoms with Gasteiger partial charge < -0.3 is 4.90 Å². The maximum Gasteiger partial charge on any atom is 0.150 e. The molecule has 0 N–H and O–H groups in total. The van der Waals surface area contributed by atoms with Crippen LogP contribution < -0.4 is 4.90 Å². The summed E-state index contributed by atoms with van der Waals surface area (Å²) < 4.78 is 82.2. The normalized spacial score (nSPS) is 10.8. The monoisotopic (exact) mass is 353 g/mol. The van der Waals surface area contributed by atoms with Gasteiger partial charge in [0.05, 0.1) is 17.1 Å². The Kier molecular flexibility index (Phi) is 4.39. The van der Waals surface area contributed by atoms with Crippen molar-refractivity contribution in [2.75, 3.05) is 4.90 Å². The lowest BCUT2D eigenvalue weighted by molar-refractivity contribution is 0.573. The zero-order valence-corrected chi connectivity index (χ0v) is 12.4. The molecular weight excluding hydrogens is 344 g/mol. The molecule has 0 unspecified atom stereocenters. The molecule has 0 bridgehead atoms. The minimum absolute atomic E-state index is 0.391. The van der Waals surface area contributed by atoms with Gasteiger partial charge in [0.25, 0.3) is 0 Å². The van der Waals surface area contributed by atoms with Gasteiger partial charge in [-0.25, -0.2) is 26.3 Å². The van der Waals surface area contributed by atoms with E-state index in [-0.39, 0.29) is 0 Å². The van der Waals surface area contributed by atoms with Crippen molar-refractivity contribution in [1.29, 1.82) is 0 Å². The van der Waals surface area contributed by atoms with Gasteiger partial charge in [0.15, 0.2) is 0 Å². The van der Waals surface area contributed by atoms with E-state index < -0.39 is 52.0 Å². The van der Waals surface area contributed by atoms with Crippen LogP contribution in [0.5, 0.6) is 0 Å². The fourth-order valence-electron chi connectivity index (χ4n) is 2.38. The van der Waals surface area contributed by atoms with Gasteiger partial charge >= 0.3 is 0 Å². The van der Waals surface area contributed by atoms with E-state index in [9.17, 15) is 26.3 Å². The van der Waals surface area contributed by atoms with Gasteiger partial charge in [-0.1, -0.05) is 0 Å². The standard InChI is InChI=1S/C18H9F6N/c19-10-1-4-16(13(22)7-10)25(17-5-2-11(20)8-14(17)23)18-6-3-12(21)9-15(18)24/h1-9H. The predicted octanol–water partition coefficient (Wildman–Crippen LogP) is 5.99. The van der Waals surface area contributed by atoms with Gasteiger partial charge in [0, 0.05) is 18.2 Å². The Morgan fingerprint density at radius 2 is 0.720 bits per heavy atom. The Labute approximate surface area is 138 Å². The molecule has 0 saturated carbocycles. The van der Waals surface area contributed by atoms with E-state index in [4.69, 9.17) is 0 Å². The van der Waals surface area contributed by atoms with Gasteiger partial charge in [-0.15, -0.1) is 0 Å². The lowest BCUT2D eigenvalue weighted by atomic mass is 10.1. The molecule has 0 aromatic heterocycles. The first-order valence-corrected chi connectivity index (χ1v) is 7.02. The second-order valence-electron chi connectivity index (χ2n) is 5.12. The quantitative estimate of drug-likeness (QED) is 0.523. The molecule has 0 fully saturated rings. The summed E-state index contributed by atoms with van der Waals surface area (Å²) in [4.78, 5) is 0.776. The van der Waals surface area contributed by atoms with Gasteiger partial charge in [0.2, 0.25) is 0 Å². The Morgan fingerprint density at radius 3 is 0.960 bits per heavy atom. The van der Waals surface area contributed by atoms with Gasteiger partial charge in [-0.2, -0.15) is 0 Å². The van der Waals surface area contributed by atoms with Crippen molar-refractivity contribution < 1.29 is 26.3 Å². The van der Waals surface area contributed by atoms with E-state index in [1.54, 1.807) is 0 Å². The number of hydrogen-bond donors (Lipinski definition) is 0. The second-order valence-corrected chi connectivity index (χ2v) is 5.12. The van der Waals surface area contributed by atoms with Crippen LogP contribution in [0.2, 0.25) is 0 Å². The van der Waals surface area contributed by atoms with Crippen molar-refractivity contribution in [3.63, 3.8) is 0 Å². The molecule has 3 aromatic carbocycles. The third-order valence-electron chi connectivity index (χ3n) is 3.45. The number of hydrogen-bond acceptors (Lipinski definition) is 1. The fraction of sp³-hybridized carbons (Fsp3) is 0. The average Bonchev–Trinajstić information content (AvgIpc) is 2.52. The summed E-state index contributed by atoms with van der Waals surface area (Å²) in [6.07, 6.45) is 0. The number of benzene rings is 3. The highest BCUT2D eigenvalue weighted by molar-refractivity contribution is 5.77. The molecule has 7 heteroatoms. The minimum Gasteiger partial charge on any atom is -0.302 e. The SMILES string of the molecule is Fc1ccc(N(c2ccc(F)cc2F)c2ccc(F)cc2F)c(F)c1. The summed E-state index contributed by atoms with van der Waals surface area (Å²) in [7, 11) is 0. The van der Waals surface area contributed by atoms with Crippen LogP contribution in [0.4, 0.5) is 43.4 Å². The minimum atomic E-state index is -1.10. The molecule has 25 heavy (non-hydrogen) atoms. The summed E-state index contributed by atoms with van der Waals surface area (Å²) in [5, 5.41) is 0. The Hall–Kier alpha value is -2.96. The number of nitrogens with zero attached hydrogens (tertiary/aromatic N) is 1. The van der Waals surface area contributed by atoms with E-state index in [1.165, 1.54) is 0 Å². The third kappa shape index (κ3) is 3.31. The molecule has 3 aromatic rings. The Morgan fingerprint density at radius 1 is 0.440 bits per heavy atom. The fourth-order valence-corrected chi connectivity index (χ4v) is 2.38. The number of halogens is 6. The molecule has 0 aliphatic rings. The number of rotatable bonds is 3. The maximum absolute atomic E-state index is 14.2. The largest absolute Gasteiger partial charge is 0.302 e. The van der Waals surface area contributed by atoms with Crippen LogP contribution in [0, 0.1) is 34.9 Å². The predicted molar refractivity (Wildman–Crippen MR) is 80.9 cm³/mol. The van der Waals surface area contributed by atoms with Gasteiger partial charge in [-0.05, 0) is 36.4 Å². The van der Waals surface area contributed by atoms with Crippen molar-refractivity contribution in [2.24, 2.45) is 0 Å². The molecule has 0 aliphatic carbocycles. The van der Waals surface area contributed by atoms with Crippen molar-refractivity contribution in [3.05, 3.63) is 89.5 Å². The zero-order valence-electron chi connectivity index (χ0n) is 12.4. The van der Waals surface area contributed by atoms with Crippen molar-refractivity contribution in [2.45, 2.75) is 0 Å². The molecule has 0 spiro atoms. The van der Waals surface area contributed by atoms with E-state index in [1.807, 2.05) is 0 Å². The third-order valence-corrected chi connectivity index (χ3v) is 3.45. The van der Waals surface area contributed by atoms with Crippen LogP contribution in [-0.2, 0) is 0 Å². The molecule has 0 saturated heterocycles. The molecular formula is C18H9F6N. The van der Waals surface area contributed by atoms with E-state index in [2.05, 4.69) is 0 Å². The average molecular weight is 353 g/mol. The summed E-state index contributed by atoms with van der Waals surface area (Å²) in [6.45, 7) is 0. The highest BCUT2D eigenvalue weighted by Crippen LogP contribution is 2.39. The van der Waals surface area contributed by atoms with Crippen molar-refractivity contribution in [3.8, 4) is 0 Å². The Bertz CT molecular complexity index is 818. The first-order valence-electron chi connectivity index (χ1n) is 7.02. The highest BCUT2D eigenvalue weighted by Gasteiger charge is 2.23. The topological polar surface area (TPSA) is 3.24 Å². The van der Waals surface area contributed by atoms with Crippen LogP contribution in [0.3, 0.4) is 0 Å². The van der Waals surface area contributed by atoms with E-state index >= 15 is 0 Å². The molecule has 1 nitrogen and oxygen atoms in total. The summed E-state index contributed by atoms with van der Waals surface area (Å²) in [5.74, 6) is -5.98. The molecule has 0 aliphatic heterocycles. The maximum atomic E-state index is 14.2. The van der Waals surface area contributed by atoms with Crippen LogP contribution in [0.1, 0.15) is 0 Å². The zero-order chi connectivity index (χ0) is 18.1. The van der Waals surface area contributed by atoms with E-state index in [0.29, 0.717) is 18.2 Å². The highest BCUT2D eigenvalue weighted by atomic mass is 19.2. The van der Waals surface area contributed by atoms with Crippen molar-refractivity contribution in [1.82, 2.24) is 0 Å². The molecule has 0 heterocycles. The molecule has 0 atom stereocenters.